The van der Waals surface area contributed by atoms with E-state index < -0.39 is 0 Å². The number of aryl methyl sites for hydroxylation is 2. The number of hydrogen-bond acceptors (Lipinski definition) is 1. The minimum atomic E-state index is 0.0185. The summed E-state index contributed by atoms with van der Waals surface area (Å²) in [4.78, 5) is 9.69. The average molecular weight is 474 g/mol. The molecule has 30 heavy (non-hydrogen) atoms. The summed E-state index contributed by atoms with van der Waals surface area (Å²) in [5, 5.41) is 0. The van der Waals surface area contributed by atoms with Crippen molar-refractivity contribution in [2.75, 3.05) is 0 Å². The number of hydrogen-bond donors (Lipinski definition) is 0. The zero-order chi connectivity index (χ0) is 23.7. The fraction of sp³-hybridized carbons (Fsp3) is 0.464. The molecule has 0 amide bonds. The van der Waals surface area contributed by atoms with Gasteiger partial charge in [0, 0.05) is 4.47 Å². The molecule has 1 aromatic rings. The lowest BCUT2D eigenvalue weighted by Gasteiger charge is -2.09. The molecule has 0 bridgehead atoms. The van der Waals surface area contributed by atoms with Crippen LogP contribution < -0.4 is 0 Å². The summed E-state index contributed by atoms with van der Waals surface area (Å²) in [6.07, 6.45) is 19.6. The second kappa shape index (κ2) is 18.0. The van der Waals surface area contributed by atoms with Crippen LogP contribution in [0.4, 0.5) is 0 Å². The Kier molecular flexibility index (Phi) is 18.2. The Morgan fingerprint density at radius 3 is 1.93 bits per heavy atom. The van der Waals surface area contributed by atoms with Gasteiger partial charge in [0.05, 0.1) is 0 Å². The number of benzene rings is 1. The number of ketones is 1. The maximum Gasteiger partial charge on any atom is 0.152 e. The highest BCUT2D eigenvalue weighted by Gasteiger charge is 2.15. The molecule has 2 heteroatoms. The smallest absolute Gasteiger partial charge is 0.152 e. The van der Waals surface area contributed by atoms with Gasteiger partial charge >= 0.3 is 0 Å². The highest BCUT2D eigenvalue weighted by atomic mass is 79.9. The fourth-order valence-corrected chi connectivity index (χ4v) is 3.15. The number of terminal acetylenes is 1. The van der Waals surface area contributed by atoms with Crippen molar-refractivity contribution in [1.82, 2.24) is 0 Å². The zero-order valence-electron chi connectivity index (χ0n) is 20.1. The van der Waals surface area contributed by atoms with E-state index in [0.29, 0.717) is 5.92 Å². The number of allylic oxidation sites excluding steroid dienone is 5. The van der Waals surface area contributed by atoms with Crippen molar-refractivity contribution in [3.05, 3.63) is 69.8 Å². The maximum absolute atomic E-state index is 9.69. The van der Waals surface area contributed by atoms with Crippen LogP contribution in [0, 0.1) is 38.5 Å². The lowest BCUT2D eigenvalue weighted by molar-refractivity contribution is -0.112. The summed E-state index contributed by atoms with van der Waals surface area (Å²) in [5.41, 5.74) is 5.76. The second-order valence-electron chi connectivity index (χ2n) is 8.00. The first-order valence-corrected chi connectivity index (χ1v) is 11.4. The number of halogens is 1. The Balaban J connectivity index is 0. The van der Waals surface area contributed by atoms with Gasteiger partial charge in [0.15, 0.2) is 5.78 Å². The molecule has 0 unspecified atom stereocenters. The molecular formula is C28H41BrO. The van der Waals surface area contributed by atoms with Crippen LogP contribution in [-0.4, -0.2) is 5.78 Å². The lowest BCUT2D eigenvalue weighted by Crippen LogP contribution is -1.94. The van der Waals surface area contributed by atoms with E-state index in [1.165, 1.54) is 55.4 Å². The third-order valence-electron chi connectivity index (χ3n) is 5.28. The quantitative estimate of drug-likeness (QED) is 0.243. The molecule has 2 rings (SSSR count). The van der Waals surface area contributed by atoms with Gasteiger partial charge in [0.1, 0.15) is 0 Å². The van der Waals surface area contributed by atoms with Gasteiger partial charge in [-0.3, -0.25) is 4.79 Å². The molecule has 0 spiro atoms. The fourth-order valence-electron chi connectivity index (χ4n) is 2.68. The van der Waals surface area contributed by atoms with Gasteiger partial charge in [-0.15, -0.1) is 12.8 Å². The number of carbonyl (C=O) groups is 1. The summed E-state index contributed by atoms with van der Waals surface area (Å²) >= 11 is 3.40. The molecule has 1 aromatic carbocycles. The first-order valence-electron chi connectivity index (χ1n) is 10.6. The summed E-state index contributed by atoms with van der Waals surface area (Å²) in [7, 11) is 0. The zero-order valence-corrected chi connectivity index (χ0v) is 21.7. The predicted molar refractivity (Wildman–Crippen MR) is 139 cm³/mol. The van der Waals surface area contributed by atoms with Crippen LogP contribution in [0.2, 0.25) is 0 Å². The minimum absolute atomic E-state index is 0.0185. The first-order chi connectivity index (χ1) is 14.1. The van der Waals surface area contributed by atoms with Crippen molar-refractivity contribution in [3.63, 3.8) is 0 Å². The summed E-state index contributed by atoms with van der Waals surface area (Å²) in [6, 6.07) is 6.29. The number of rotatable bonds is 4. The Morgan fingerprint density at radius 2 is 1.57 bits per heavy atom. The van der Waals surface area contributed by atoms with Gasteiger partial charge in [-0.2, -0.15) is 0 Å². The Labute approximate surface area is 194 Å². The Morgan fingerprint density at radius 1 is 1.07 bits per heavy atom. The highest BCUT2D eigenvalue weighted by Crippen LogP contribution is 2.30. The van der Waals surface area contributed by atoms with Crippen LogP contribution in [0.5, 0.6) is 0 Å². The van der Waals surface area contributed by atoms with Crippen molar-refractivity contribution < 1.29 is 4.79 Å². The van der Waals surface area contributed by atoms with Gasteiger partial charge in [0.2, 0.25) is 0 Å². The van der Waals surface area contributed by atoms with Crippen molar-refractivity contribution in [3.8, 4) is 12.8 Å². The summed E-state index contributed by atoms with van der Waals surface area (Å²) < 4.78 is 1.16. The molecule has 1 fully saturated rings. The molecule has 0 N–H and O–H groups in total. The van der Waals surface area contributed by atoms with E-state index in [1.54, 1.807) is 5.57 Å². The van der Waals surface area contributed by atoms with E-state index in [2.05, 4.69) is 107 Å². The van der Waals surface area contributed by atoms with E-state index in [1.807, 2.05) is 0 Å². The standard InChI is InChI=1S/C14H24.C8H9Br.C4H6O.C2H2/c1-11(2)12(3)9-10-13(4)14-7-5-6-8-14;1-6-3-4-8(9)5-7(6)2;1-3-4(2)5;1-2/h9-11,14H,5-8H2,1-4H3;3-5H,1-2H3;3H,1H2,2H3;1-2H/b12-9+,13-10+;;;. The van der Waals surface area contributed by atoms with Crippen LogP contribution in [-0.2, 0) is 4.79 Å². The molecule has 0 heterocycles. The van der Waals surface area contributed by atoms with Gasteiger partial charge in [-0.25, -0.2) is 0 Å². The van der Waals surface area contributed by atoms with E-state index >= 15 is 0 Å². The Hall–Kier alpha value is -1.85. The van der Waals surface area contributed by atoms with Gasteiger partial charge in [-0.1, -0.05) is 78.6 Å². The maximum atomic E-state index is 9.69. The predicted octanol–water partition coefficient (Wildman–Crippen LogP) is 8.80. The molecule has 0 atom stereocenters. The highest BCUT2D eigenvalue weighted by molar-refractivity contribution is 9.10. The van der Waals surface area contributed by atoms with Crippen molar-refractivity contribution in [1.29, 1.82) is 0 Å². The topological polar surface area (TPSA) is 17.1 Å². The normalized spacial score (nSPS) is 13.8. The van der Waals surface area contributed by atoms with Crippen LogP contribution >= 0.6 is 15.9 Å². The van der Waals surface area contributed by atoms with Crippen LogP contribution in [0.25, 0.3) is 0 Å². The lowest BCUT2D eigenvalue weighted by atomic mass is 9.97. The molecule has 1 aliphatic rings. The third kappa shape index (κ3) is 15.1. The molecule has 1 nitrogen and oxygen atoms in total. The van der Waals surface area contributed by atoms with Gasteiger partial charge in [0.25, 0.3) is 0 Å². The van der Waals surface area contributed by atoms with E-state index in [-0.39, 0.29) is 5.78 Å². The van der Waals surface area contributed by atoms with E-state index in [4.69, 9.17) is 0 Å². The molecular weight excluding hydrogens is 432 g/mol. The molecule has 0 aromatic heterocycles. The molecule has 166 valence electrons. The summed E-state index contributed by atoms with van der Waals surface area (Å²) in [5.74, 6) is 1.58. The molecule has 0 saturated heterocycles. The van der Waals surface area contributed by atoms with E-state index in [0.717, 1.165) is 10.4 Å². The monoisotopic (exact) mass is 472 g/mol. The SMILES string of the molecule is C#C.C/C(=C\C=C(/C)C1CCCC1)C(C)C.C=CC(C)=O.Cc1ccc(Br)cc1C. The largest absolute Gasteiger partial charge is 0.295 e. The van der Waals surface area contributed by atoms with Crippen LogP contribution in [0.15, 0.2) is 58.6 Å². The van der Waals surface area contributed by atoms with Gasteiger partial charge < -0.3 is 0 Å². The second-order valence-corrected chi connectivity index (χ2v) is 8.92. The van der Waals surface area contributed by atoms with Gasteiger partial charge in [-0.05, 0) is 88.6 Å². The van der Waals surface area contributed by atoms with E-state index in [9.17, 15) is 4.79 Å². The molecule has 1 aliphatic carbocycles. The molecule has 0 radical (unpaired) electrons. The van der Waals surface area contributed by atoms with Crippen LogP contribution in [0.1, 0.15) is 71.4 Å². The van der Waals surface area contributed by atoms with Crippen molar-refractivity contribution in [2.45, 2.75) is 74.1 Å². The van der Waals surface area contributed by atoms with Crippen molar-refractivity contribution in [2.24, 2.45) is 11.8 Å². The average Bonchev–Trinajstić information content (AvgIpc) is 3.26. The van der Waals surface area contributed by atoms with Crippen molar-refractivity contribution >= 4 is 21.7 Å². The first kappa shape index (κ1) is 30.3. The summed E-state index contributed by atoms with van der Waals surface area (Å²) in [6.45, 7) is 17.9. The third-order valence-corrected chi connectivity index (χ3v) is 5.77. The molecule has 0 aliphatic heterocycles. The molecule has 1 saturated carbocycles. The number of carbonyl (C=O) groups excluding carboxylic acids is 1. The minimum Gasteiger partial charge on any atom is -0.295 e. The Bertz CT molecular complexity index is 713. The van der Waals surface area contributed by atoms with Crippen LogP contribution in [0.3, 0.4) is 0 Å².